The number of nitrogens with two attached hydrogens (primary N) is 1. The van der Waals surface area contributed by atoms with Gasteiger partial charge in [-0.3, -0.25) is 14.9 Å². The van der Waals surface area contributed by atoms with Crippen LogP contribution in [-0.4, -0.2) is 34.1 Å². The average Bonchev–Trinajstić information content (AvgIpc) is 2.65. The van der Waals surface area contributed by atoms with Crippen LogP contribution >= 0.6 is 11.8 Å². The van der Waals surface area contributed by atoms with Crippen molar-refractivity contribution < 1.29 is 9.72 Å². The van der Waals surface area contributed by atoms with Gasteiger partial charge in [0.15, 0.2) is 0 Å². The van der Waals surface area contributed by atoms with Crippen molar-refractivity contribution in [3.05, 3.63) is 70.3 Å². The molecule has 0 spiro atoms. The fraction of sp³-hybridized carbons (Fsp3) is 0.316. The fourth-order valence-corrected chi connectivity index (χ4v) is 3.46. The lowest BCUT2D eigenvalue weighted by molar-refractivity contribution is -0.384. The van der Waals surface area contributed by atoms with E-state index >= 15 is 0 Å². The lowest BCUT2D eigenvalue weighted by atomic mass is 10.2. The average molecular weight is 373 g/mol. The highest BCUT2D eigenvalue weighted by molar-refractivity contribution is 8.00. The minimum atomic E-state index is -0.433. The molecule has 0 fully saturated rings. The van der Waals surface area contributed by atoms with E-state index in [-0.39, 0.29) is 16.8 Å². The van der Waals surface area contributed by atoms with Crippen molar-refractivity contribution in [1.29, 1.82) is 0 Å². The van der Waals surface area contributed by atoms with Gasteiger partial charge in [0.2, 0.25) is 5.91 Å². The number of carbonyl (C=O) groups is 1. The van der Waals surface area contributed by atoms with E-state index in [0.29, 0.717) is 19.6 Å². The van der Waals surface area contributed by atoms with Crippen LogP contribution in [0.25, 0.3) is 0 Å². The first-order chi connectivity index (χ1) is 12.5. The Kier molecular flexibility index (Phi) is 7.62. The maximum absolute atomic E-state index is 12.9. The molecule has 138 valence electrons. The van der Waals surface area contributed by atoms with E-state index in [1.165, 1.54) is 23.9 Å². The molecule has 2 aromatic rings. The zero-order chi connectivity index (χ0) is 18.9. The predicted octanol–water partition coefficient (Wildman–Crippen LogP) is 3.45. The number of nitro groups is 1. The Hall–Kier alpha value is -2.38. The number of non-ortho nitro benzene ring substituents is 1. The summed E-state index contributed by atoms with van der Waals surface area (Å²) in [5.41, 5.74) is 6.73. The van der Waals surface area contributed by atoms with Gasteiger partial charge in [-0.05, 0) is 37.6 Å². The molecule has 2 N–H and O–H groups in total. The summed E-state index contributed by atoms with van der Waals surface area (Å²) in [4.78, 5) is 25.8. The number of rotatable bonds is 9. The molecule has 0 radical (unpaired) electrons. The Morgan fingerprint density at radius 1 is 1.19 bits per heavy atom. The van der Waals surface area contributed by atoms with Gasteiger partial charge >= 0.3 is 0 Å². The summed E-state index contributed by atoms with van der Waals surface area (Å²) in [7, 11) is 0. The molecule has 26 heavy (non-hydrogen) atoms. The zero-order valence-electron chi connectivity index (χ0n) is 14.7. The van der Waals surface area contributed by atoms with Crippen molar-refractivity contribution in [3.8, 4) is 0 Å². The quantitative estimate of drug-likeness (QED) is 0.413. The number of nitrogens with zero attached hydrogens (tertiary/aromatic N) is 2. The van der Waals surface area contributed by atoms with Crippen molar-refractivity contribution in [3.63, 3.8) is 0 Å². The molecule has 2 rings (SSSR count). The summed E-state index contributed by atoms with van der Waals surface area (Å²) >= 11 is 1.40. The number of hydrogen-bond acceptors (Lipinski definition) is 5. The molecular weight excluding hydrogens is 350 g/mol. The summed E-state index contributed by atoms with van der Waals surface area (Å²) in [6, 6.07) is 16.1. The second kappa shape index (κ2) is 9.94. The highest BCUT2D eigenvalue weighted by atomic mass is 32.2. The van der Waals surface area contributed by atoms with Crippen LogP contribution in [0.5, 0.6) is 0 Å². The molecule has 2 aromatic carbocycles. The number of amides is 1. The van der Waals surface area contributed by atoms with Crippen molar-refractivity contribution in [1.82, 2.24) is 4.90 Å². The van der Waals surface area contributed by atoms with Crippen LogP contribution in [0.3, 0.4) is 0 Å². The van der Waals surface area contributed by atoms with Gasteiger partial charge in [-0.1, -0.05) is 30.3 Å². The molecule has 0 aliphatic carbocycles. The third-order valence-corrected chi connectivity index (χ3v) is 4.97. The van der Waals surface area contributed by atoms with E-state index in [1.54, 1.807) is 12.1 Å². The Morgan fingerprint density at radius 3 is 2.42 bits per heavy atom. The molecule has 0 aliphatic heterocycles. The van der Waals surface area contributed by atoms with Crippen molar-refractivity contribution in [2.75, 3.05) is 13.1 Å². The van der Waals surface area contributed by atoms with Gasteiger partial charge in [-0.2, -0.15) is 0 Å². The SMILES string of the molecule is CC(Sc1ccc([N+](=O)[O-])cc1)C(=O)N(CCCN)Cc1ccccc1. The summed E-state index contributed by atoms with van der Waals surface area (Å²) in [5.74, 6) is 0.0330. The maximum atomic E-state index is 12.9. The van der Waals surface area contributed by atoms with E-state index in [1.807, 2.05) is 42.2 Å². The Balaban J connectivity index is 2.04. The van der Waals surface area contributed by atoms with Crippen LogP contribution in [0, 0.1) is 10.1 Å². The Bertz CT molecular complexity index is 723. The van der Waals surface area contributed by atoms with Crippen molar-refractivity contribution in [2.24, 2.45) is 5.73 Å². The summed E-state index contributed by atoms with van der Waals surface area (Å²) < 4.78 is 0. The molecule has 0 aliphatic rings. The Labute approximate surface area is 157 Å². The number of benzene rings is 2. The lowest BCUT2D eigenvalue weighted by Gasteiger charge is -2.25. The number of carbonyl (C=O) groups excluding carboxylic acids is 1. The number of hydrogen-bond donors (Lipinski definition) is 1. The van der Waals surface area contributed by atoms with Crippen LogP contribution in [0.2, 0.25) is 0 Å². The molecule has 0 saturated carbocycles. The summed E-state index contributed by atoms with van der Waals surface area (Å²) in [5, 5.41) is 10.4. The van der Waals surface area contributed by atoms with E-state index in [2.05, 4.69) is 0 Å². The number of thioether (sulfide) groups is 1. The predicted molar refractivity (Wildman–Crippen MR) is 104 cm³/mol. The first kappa shape index (κ1) is 19.9. The lowest BCUT2D eigenvalue weighted by Crippen LogP contribution is -2.37. The number of nitro benzene ring substituents is 1. The Morgan fingerprint density at radius 2 is 1.85 bits per heavy atom. The normalized spacial score (nSPS) is 11.8. The summed E-state index contributed by atoms with van der Waals surface area (Å²) in [6.45, 7) is 3.54. The van der Waals surface area contributed by atoms with E-state index < -0.39 is 4.92 Å². The van der Waals surface area contributed by atoms with Gasteiger partial charge < -0.3 is 10.6 Å². The van der Waals surface area contributed by atoms with E-state index in [9.17, 15) is 14.9 Å². The van der Waals surface area contributed by atoms with Crippen LogP contribution in [-0.2, 0) is 11.3 Å². The standard InChI is InChI=1S/C19H23N3O3S/c1-15(26-18-10-8-17(9-11-18)22(24)25)19(23)21(13-5-12-20)14-16-6-3-2-4-7-16/h2-4,6-11,15H,5,12-14,20H2,1H3. The third-order valence-electron chi connectivity index (χ3n) is 3.87. The molecular formula is C19H23N3O3S. The van der Waals surface area contributed by atoms with E-state index in [0.717, 1.165) is 16.9 Å². The van der Waals surface area contributed by atoms with Gasteiger partial charge in [0.25, 0.3) is 5.69 Å². The van der Waals surface area contributed by atoms with Crippen LogP contribution in [0.1, 0.15) is 18.9 Å². The second-order valence-corrected chi connectivity index (χ2v) is 7.31. The van der Waals surface area contributed by atoms with Gasteiger partial charge in [0.1, 0.15) is 0 Å². The van der Waals surface area contributed by atoms with Crippen LogP contribution in [0.15, 0.2) is 59.5 Å². The fourth-order valence-electron chi connectivity index (χ4n) is 2.51. The minimum absolute atomic E-state index is 0.0330. The highest BCUT2D eigenvalue weighted by Crippen LogP contribution is 2.27. The topological polar surface area (TPSA) is 89.5 Å². The zero-order valence-corrected chi connectivity index (χ0v) is 15.5. The molecule has 0 aromatic heterocycles. The summed E-state index contributed by atoms with van der Waals surface area (Å²) in [6.07, 6.45) is 0.744. The van der Waals surface area contributed by atoms with Gasteiger partial charge in [0, 0.05) is 30.1 Å². The highest BCUT2D eigenvalue weighted by Gasteiger charge is 2.21. The molecule has 1 unspecified atom stereocenters. The van der Waals surface area contributed by atoms with Gasteiger partial charge in [0.05, 0.1) is 10.2 Å². The van der Waals surface area contributed by atoms with Crippen molar-refractivity contribution >= 4 is 23.4 Å². The molecule has 0 bridgehead atoms. The first-order valence-corrected chi connectivity index (χ1v) is 9.33. The van der Waals surface area contributed by atoms with Gasteiger partial charge in [-0.25, -0.2) is 0 Å². The molecule has 1 amide bonds. The first-order valence-electron chi connectivity index (χ1n) is 8.45. The van der Waals surface area contributed by atoms with Crippen LogP contribution < -0.4 is 5.73 Å². The van der Waals surface area contributed by atoms with Gasteiger partial charge in [-0.15, -0.1) is 11.8 Å². The molecule has 0 heterocycles. The molecule has 7 heteroatoms. The molecule has 0 saturated heterocycles. The monoisotopic (exact) mass is 373 g/mol. The second-order valence-electron chi connectivity index (χ2n) is 5.90. The smallest absolute Gasteiger partial charge is 0.269 e. The molecule has 1 atom stereocenters. The third kappa shape index (κ3) is 5.86. The molecule has 6 nitrogen and oxygen atoms in total. The van der Waals surface area contributed by atoms with Crippen LogP contribution in [0.4, 0.5) is 5.69 Å². The largest absolute Gasteiger partial charge is 0.337 e. The maximum Gasteiger partial charge on any atom is 0.269 e. The van der Waals surface area contributed by atoms with E-state index in [4.69, 9.17) is 5.73 Å². The van der Waals surface area contributed by atoms with Crippen molar-refractivity contribution in [2.45, 2.75) is 30.0 Å². The minimum Gasteiger partial charge on any atom is -0.337 e.